The van der Waals surface area contributed by atoms with Crippen LogP contribution in [0.2, 0.25) is 0 Å². The second-order valence-corrected chi connectivity index (χ2v) is 2.92. The molecule has 0 saturated carbocycles. The van der Waals surface area contributed by atoms with Crippen LogP contribution in [-0.2, 0) is 4.79 Å². The number of aliphatic hydroxyl groups excluding tert-OH is 1. The SMILES string of the molecule is CC(N)C=O.CCC(C)CC.CO. The van der Waals surface area contributed by atoms with Gasteiger partial charge >= 0.3 is 0 Å². The molecule has 1 atom stereocenters. The molecule has 0 aliphatic heterocycles. The molecule has 0 amide bonds. The Kier molecular flexibility index (Phi) is 24.9. The van der Waals surface area contributed by atoms with Gasteiger partial charge in [0.15, 0.2) is 0 Å². The zero-order valence-electron chi connectivity index (χ0n) is 9.58. The largest absolute Gasteiger partial charge is 0.400 e. The Morgan fingerprint density at radius 1 is 1.23 bits per heavy atom. The zero-order valence-corrected chi connectivity index (χ0v) is 9.58. The summed E-state index contributed by atoms with van der Waals surface area (Å²) in [6.07, 6.45) is 3.35. The molecule has 3 N–H and O–H groups in total. The van der Waals surface area contributed by atoms with E-state index in [0.717, 1.165) is 13.0 Å². The molecule has 0 aliphatic rings. The smallest absolute Gasteiger partial charge is 0.136 e. The fourth-order valence-electron chi connectivity index (χ4n) is 0.289. The summed E-state index contributed by atoms with van der Waals surface area (Å²) in [6, 6.07) is -0.296. The first kappa shape index (κ1) is 18.4. The van der Waals surface area contributed by atoms with Crippen molar-refractivity contribution in [3.8, 4) is 0 Å². The van der Waals surface area contributed by atoms with Crippen LogP contribution >= 0.6 is 0 Å². The number of nitrogens with two attached hydrogens (primary N) is 1. The average molecular weight is 191 g/mol. The molecule has 0 aliphatic carbocycles. The molecule has 0 rings (SSSR count). The van der Waals surface area contributed by atoms with Crippen molar-refractivity contribution in [2.24, 2.45) is 11.7 Å². The van der Waals surface area contributed by atoms with Crippen LogP contribution in [-0.4, -0.2) is 24.5 Å². The van der Waals surface area contributed by atoms with Gasteiger partial charge in [-0.25, -0.2) is 0 Å². The minimum absolute atomic E-state index is 0.296. The van der Waals surface area contributed by atoms with Crippen molar-refractivity contribution in [3.63, 3.8) is 0 Å². The van der Waals surface area contributed by atoms with E-state index < -0.39 is 0 Å². The van der Waals surface area contributed by atoms with Gasteiger partial charge in [0.2, 0.25) is 0 Å². The molecule has 3 heteroatoms. The zero-order chi connectivity index (χ0) is 11.3. The minimum Gasteiger partial charge on any atom is -0.400 e. The molecule has 0 aromatic carbocycles. The molecule has 0 bridgehead atoms. The molecule has 1 unspecified atom stereocenters. The van der Waals surface area contributed by atoms with E-state index in [1.807, 2.05) is 0 Å². The summed E-state index contributed by atoms with van der Waals surface area (Å²) in [6.45, 7) is 8.37. The summed E-state index contributed by atoms with van der Waals surface area (Å²) >= 11 is 0. The van der Waals surface area contributed by atoms with Crippen LogP contribution in [0.4, 0.5) is 0 Å². The highest BCUT2D eigenvalue weighted by Crippen LogP contribution is 2.02. The Morgan fingerprint density at radius 3 is 1.46 bits per heavy atom. The topological polar surface area (TPSA) is 63.3 Å². The molecular formula is C10H25NO2. The Hall–Kier alpha value is -0.410. The lowest BCUT2D eigenvalue weighted by Crippen LogP contribution is -2.15. The van der Waals surface area contributed by atoms with Crippen LogP contribution in [0.5, 0.6) is 0 Å². The van der Waals surface area contributed by atoms with Gasteiger partial charge in [-0.3, -0.25) is 0 Å². The van der Waals surface area contributed by atoms with Gasteiger partial charge < -0.3 is 15.6 Å². The summed E-state index contributed by atoms with van der Waals surface area (Å²) in [5.74, 6) is 0.935. The van der Waals surface area contributed by atoms with Crippen molar-refractivity contribution in [2.75, 3.05) is 7.11 Å². The Bertz CT molecular complexity index is 81.0. The second kappa shape index (κ2) is 17.6. The first-order chi connectivity index (χ1) is 6.08. The molecule has 0 aromatic heterocycles. The highest BCUT2D eigenvalue weighted by atomic mass is 16.2. The lowest BCUT2D eigenvalue weighted by atomic mass is 10.1. The first-order valence-electron chi connectivity index (χ1n) is 4.73. The molecular weight excluding hydrogens is 166 g/mol. The third kappa shape index (κ3) is 34.1. The molecule has 0 spiro atoms. The second-order valence-electron chi connectivity index (χ2n) is 2.92. The Balaban J connectivity index is -0.000000131. The quantitative estimate of drug-likeness (QED) is 0.666. The summed E-state index contributed by atoms with van der Waals surface area (Å²) in [7, 11) is 1.00. The van der Waals surface area contributed by atoms with Crippen LogP contribution in [0.3, 0.4) is 0 Å². The van der Waals surface area contributed by atoms with Gasteiger partial charge in [-0.1, -0.05) is 33.6 Å². The summed E-state index contributed by atoms with van der Waals surface area (Å²) in [4.78, 5) is 9.38. The number of carbonyl (C=O) groups excluding carboxylic acids is 1. The summed E-state index contributed by atoms with van der Waals surface area (Å²) in [5.41, 5.74) is 4.92. The lowest BCUT2D eigenvalue weighted by Gasteiger charge is -1.98. The number of rotatable bonds is 3. The van der Waals surface area contributed by atoms with Crippen molar-refractivity contribution >= 4 is 6.29 Å². The molecule has 0 radical (unpaired) electrons. The molecule has 0 heterocycles. The van der Waals surface area contributed by atoms with Gasteiger partial charge in [-0.15, -0.1) is 0 Å². The fourth-order valence-corrected chi connectivity index (χ4v) is 0.289. The van der Waals surface area contributed by atoms with E-state index in [2.05, 4.69) is 20.8 Å². The molecule has 13 heavy (non-hydrogen) atoms. The van der Waals surface area contributed by atoms with Crippen LogP contribution in [0.25, 0.3) is 0 Å². The highest BCUT2D eigenvalue weighted by molar-refractivity contribution is 5.55. The maximum absolute atomic E-state index is 9.38. The lowest BCUT2D eigenvalue weighted by molar-refractivity contribution is -0.108. The van der Waals surface area contributed by atoms with E-state index in [1.54, 1.807) is 6.92 Å². The molecule has 82 valence electrons. The number of aliphatic hydroxyl groups is 1. The predicted octanol–water partition coefficient (Wildman–Crippen LogP) is 1.58. The number of carbonyl (C=O) groups is 1. The number of hydrogen-bond donors (Lipinski definition) is 2. The van der Waals surface area contributed by atoms with Crippen molar-refractivity contribution < 1.29 is 9.90 Å². The number of aldehydes is 1. The Labute approximate surface area is 82.3 Å². The van der Waals surface area contributed by atoms with Crippen LogP contribution in [0, 0.1) is 5.92 Å². The average Bonchev–Trinajstić information content (AvgIpc) is 2.20. The van der Waals surface area contributed by atoms with Gasteiger partial charge in [0.05, 0.1) is 6.04 Å². The maximum Gasteiger partial charge on any atom is 0.136 e. The molecule has 0 aromatic rings. The fraction of sp³-hybridized carbons (Fsp3) is 0.900. The van der Waals surface area contributed by atoms with Crippen LogP contribution in [0.15, 0.2) is 0 Å². The monoisotopic (exact) mass is 191 g/mol. The Morgan fingerprint density at radius 2 is 1.46 bits per heavy atom. The van der Waals surface area contributed by atoms with E-state index in [0.29, 0.717) is 6.29 Å². The summed E-state index contributed by atoms with van der Waals surface area (Å²) in [5, 5.41) is 7.00. The number of hydrogen-bond acceptors (Lipinski definition) is 3. The van der Waals surface area contributed by atoms with Crippen LogP contribution < -0.4 is 5.73 Å². The normalized spacial score (nSPS) is 10.5. The van der Waals surface area contributed by atoms with E-state index >= 15 is 0 Å². The standard InChI is InChI=1S/C6H14.C3H7NO.CH4O/c1-4-6(3)5-2;1-3(4)2-5;1-2/h6H,4-5H2,1-3H3;2-3H,4H2,1H3;2H,1H3. The van der Waals surface area contributed by atoms with Crippen molar-refractivity contribution in [1.82, 2.24) is 0 Å². The third-order valence-electron chi connectivity index (χ3n) is 1.61. The molecule has 0 saturated heterocycles. The van der Waals surface area contributed by atoms with E-state index in [1.165, 1.54) is 12.8 Å². The summed E-state index contributed by atoms with van der Waals surface area (Å²) < 4.78 is 0. The van der Waals surface area contributed by atoms with Gasteiger partial charge in [-0.05, 0) is 12.8 Å². The third-order valence-corrected chi connectivity index (χ3v) is 1.61. The minimum atomic E-state index is -0.296. The molecule has 0 fully saturated rings. The maximum atomic E-state index is 9.38. The van der Waals surface area contributed by atoms with Crippen LogP contribution in [0.1, 0.15) is 40.5 Å². The van der Waals surface area contributed by atoms with Gasteiger partial charge in [0.25, 0.3) is 0 Å². The molecule has 3 nitrogen and oxygen atoms in total. The highest BCUT2D eigenvalue weighted by Gasteiger charge is 1.88. The van der Waals surface area contributed by atoms with Crippen molar-refractivity contribution in [1.29, 1.82) is 0 Å². The van der Waals surface area contributed by atoms with Gasteiger partial charge in [-0.2, -0.15) is 0 Å². The van der Waals surface area contributed by atoms with E-state index in [9.17, 15) is 4.79 Å². The van der Waals surface area contributed by atoms with Gasteiger partial charge in [0, 0.05) is 7.11 Å². The van der Waals surface area contributed by atoms with E-state index in [-0.39, 0.29) is 6.04 Å². The van der Waals surface area contributed by atoms with Crippen molar-refractivity contribution in [3.05, 3.63) is 0 Å². The van der Waals surface area contributed by atoms with Crippen molar-refractivity contribution in [2.45, 2.75) is 46.6 Å². The predicted molar refractivity (Wildman–Crippen MR) is 57.6 cm³/mol. The van der Waals surface area contributed by atoms with Gasteiger partial charge in [0.1, 0.15) is 6.29 Å². The first-order valence-corrected chi connectivity index (χ1v) is 4.73. The van der Waals surface area contributed by atoms with E-state index in [4.69, 9.17) is 10.8 Å².